The largest absolute Gasteiger partial charge is 0.294 e. The summed E-state index contributed by atoms with van der Waals surface area (Å²) < 4.78 is 0.924. The van der Waals surface area contributed by atoms with Crippen molar-refractivity contribution in [2.75, 3.05) is 0 Å². The van der Waals surface area contributed by atoms with E-state index in [0.29, 0.717) is 6.42 Å². The molecule has 0 spiro atoms. The molecule has 0 fully saturated rings. The molecule has 1 aromatic carbocycles. The molecule has 0 aliphatic carbocycles. The molecule has 0 atom stereocenters. The van der Waals surface area contributed by atoms with Gasteiger partial charge in [0.1, 0.15) is 0 Å². The number of benzene rings is 1. The molecule has 1 heterocycles. The lowest BCUT2D eigenvalue weighted by atomic mass is 10.0. The van der Waals surface area contributed by atoms with E-state index in [0.717, 1.165) is 26.9 Å². The van der Waals surface area contributed by atoms with Gasteiger partial charge in [-0.05, 0) is 43.2 Å². The van der Waals surface area contributed by atoms with Crippen LogP contribution >= 0.6 is 15.9 Å². The molecule has 18 heavy (non-hydrogen) atoms. The van der Waals surface area contributed by atoms with Crippen LogP contribution in [0.3, 0.4) is 0 Å². The Morgan fingerprint density at radius 2 is 2.00 bits per heavy atom. The Kier molecular flexibility index (Phi) is 3.92. The van der Waals surface area contributed by atoms with Gasteiger partial charge in [-0.15, -0.1) is 0 Å². The van der Waals surface area contributed by atoms with Crippen molar-refractivity contribution in [1.82, 2.24) is 4.98 Å². The molecule has 92 valence electrons. The fourth-order valence-corrected chi connectivity index (χ4v) is 2.12. The number of aromatic nitrogens is 1. The summed E-state index contributed by atoms with van der Waals surface area (Å²) in [6.45, 7) is 3.93. The van der Waals surface area contributed by atoms with Gasteiger partial charge >= 0.3 is 0 Å². The number of hydrogen-bond acceptors (Lipinski definition) is 2. The van der Waals surface area contributed by atoms with Gasteiger partial charge in [-0.1, -0.05) is 28.1 Å². The van der Waals surface area contributed by atoms with E-state index >= 15 is 0 Å². The molecule has 0 saturated heterocycles. The van der Waals surface area contributed by atoms with Gasteiger partial charge < -0.3 is 0 Å². The van der Waals surface area contributed by atoms with Gasteiger partial charge in [0.15, 0.2) is 5.78 Å². The van der Waals surface area contributed by atoms with Crippen molar-refractivity contribution in [3.8, 4) is 0 Å². The van der Waals surface area contributed by atoms with Crippen molar-refractivity contribution in [1.29, 1.82) is 0 Å². The number of nitrogens with zero attached hydrogens (tertiary/aromatic N) is 1. The van der Waals surface area contributed by atoms with Gasteiger partial charge in [0.2, 0.25) is 0 Å². The van der Waals surface area contributed by atoms with Crippen molar-refractivity contribution >= 4 is 21.7 Å². The molecule has 3 heteroatoms. The van der Waals surface area contributed by atoms with Crippen LogP contribution in [0, 0.1) is 13.8 Å². The minimum atomic E-state index is 0.102. The molecule has 0 aliphatic rings. The first-order chi connectivity index (χ1) is 8.56. The predicted molar refractivity (Wildman–Crippen MR) is 75.9 cm³/mol. The van der Waals surface area contributed by atoms with Crippen LogP contribution in [-0.2, 0) is 6.42 Å². The zero-order valence-corrected chi connectivity index (χ0v) is 12.0. The Bertz CT molecular complexity index is 576. The van der Waals surface area contributed by atoms with Gasteiger partial charge in [-0.25, -0.2) is 0 Å². The van der Waals surface area contributed by atoms with Gasteiger partial charge in [0, 0.05) is 21.9 Å². The highest BCUT2D eigenvalue weighted by Crippen LogP contribution is 2.17. The van der Waals surface area contributed by atoms with Gasteiger partial charge in [0.05, 0.1) is 6.42 Å². The third-order valence-electron chi connectivity index (χ3n) is 2.81. The van der Waals surface area contributed by atoms with E-state index in [1.165, 1.54) is 0 Å². The van der Waals surface area contributed by atoms with Crippen molar-refractivity contribution in [3.05, 3.63) is 63.4 Å². The van der Waals surface area contributed by atoms with Crippen molar-refractivity contribution in [3.63, 3.8) is 0 Å². The molecule has 0 unspecified atom stereocenters. The molecule has 2 nitrogen and oxygen atoms in total. The van der Waals surface area contributed by atoms with Crippen LogP contribution in [0.1, 0.15) is 27.2 Å². The summed E-state index contributed by atoms with van der Waals surface area (Å²) >= 11 is 3.39. The first kappa shape index (κ1) is 13.0. The van der Waals surface area contributed by atoms with Crippen molar-refractivity contribution in [2.24, 2.45) is 0 Å². The fourth-order valence-electron chi connectivity index (χ4n) is 1.76. The maximum absolute atomic E-state index is 12.2. The topological polar surface area (TPSA) is 30.0 Å². The van der Waals surface area contributed by atoms with E-state index in [9.17, 15) is 4.79 Å². The fraction of sp³-hybridized carbons (Fsp3) is 0.200. The Morgan fingerprint density at radius 3 is 2.67 bits per heavy atom. The highest BCUT2D eigenvalue weighted by atomic mass is 79.9. The molecular formula is C15H14BrNO. The number of pyridine rings is 1. The second-order valence-electron chi connectivity index (χ2n) is 4.39. The highest BCUT2D eigenvalue weighted by molar-refractivity contribution is 9.10. The van der Waals surface area contributed by atoms with Gasteiger partial charge in [-0.2, -0.15) is 0 Å². The second kappa shape index (κ2) is 5.44. The van der Waals surface area contributed by atoms with E-state index in [2.05, 4.69) is 20.9 Å². The van der Waals surface area contributed by atoms with Crippen LogP contribution in [0.2, 0.25) is 0 Å². The molecule has 0 aliphatic heterocycles. The van der Waals surface area contributed by atoms with E-state index in [1.54, 1.807) is 6.20 Å². The number of Topliss-reactive ketones (excluding diaryl/α,β-unsaturated/α-hetero) is 1. The van der Waals surface area contributed by atoms with Crippen LogP contribution in [0.15, 0.2) is 41.0 Å². The minimum absolute atomic E-state index is 0.102. The molecule has 0 amide bonds. The Labute approximate surface area is 115 Å². The lowest BCUT2D eigenvalue weighted by Gasteiger charge is -2.05. The maximum Gasteiger partial charge on any atom is 0.169 e. The monoisotopic (exact) mass is 303 g/mol. The number of carbonyl (C=O) groups excluding carboxylic acids is 1. The Balaban J connectivity index is 2.21. The molecule has 0 saturated carbocycles. The smallest absolute Gasteiger partial charge is 0.169 e. The normalized spacial score (nSPS) is 10.4. The quantitative estimate of drug-likeness (QED) is 0.805. The number of carbonyl (C=O) groups is 1. The average Bonchev–Trinajstić information content (AvgIpc) is 2.35. The molecular weight excluding hydrogens is 290 g/mol. The molecule has 2 aromatic rings. The molecule has 0 radical (unpaired) electrons. The van der Waals surface area contributed by atoms with E-state index in [-0.39, 0.29) is 5.78 Å². The highest BCUT2D eigenvalue weighted by Gasteiger charge is 2.11. The first-order valence-electron chi connectivity index (χ1n) is 5.77. The van der Waals surface area contributed by atoms with Crippen LogP contribution in [0.5, 0.6) is 0 Å². The van der Waals surface area contributed by atoms with Crippen molar-refractivity contribution < 1.29 is 4.79 Å². The van der Waals surface area contributed by atoms with Crippen LogP contribution in [0.25, 0.3) is 0 Å². The SMILES string of the molecule is Cc1ccc(CC(=O)c2cc(Br)ccc2C)nc1. The Morgan fingerprint density at radius 1 is 1.22 bits per heavy atom. The second-order valence-corrected chi connectivity index (χ2v) is 5.30. The van der Waals surface area contributed by atoms with Crippen LogP contribution in [0.4, 0.5) is 0 Å². The number of rotatable bonds is 3. The predicted octanol–water partition coefficient (Wildman–Crippen LogP) is 3.89. The van der Waals surface area contributed by atoms with Gasteiger partial charge in [-0.3, -0.25) is 9.78 Å². The summed E-state index contributed by atoms with van der Waals surface area (Å²) in [6.07, 6.45) is 2.13. The lowest BCUT2D eigenvalue weighted by Crippen LogP contribution is -2.07. The standard InChI is InChI=1S/C15H14BrNO/c1-10-3-6-13(17-9-10)8-15(18)14-7-12(16)5-4-11(14)2/h3-7,9H,8H2,1-2H3. The summed E-state index contributed by atoms with van der Waals surface area (Å²) in [7, 11) is 0. The molecule has 1 aromatic heterocycles. The Hall–Kier alpha value is -1.48. The molecule has 2 rings (SSSR count). The number of aryl methyl sites for hydroxylation is 2. The summed E-state index contributed by atoms with van der Waals surface area (Å²) in [5, 5.41) is 0. The molecule has 0 bridgehead atoms. The third-order valence-corrected chi connectivity index (χ3v) is 3.31. The third kappa shape index (κ3) is 3.05. The van der Waals surface area contributed by atoms with E-state index in [1.807, 2.05) is 44.2 Å². The first-order valence-corrected chi connectivity index (χ1v) is 6.56. The van der Waals surface area contributed by atoms with Crippen LogP contribution in [-0.4, -0.2) is 10.8 Å². The number of ketones is 1. The number of hydrogen-bond donors (Lipinski definition) is 0. The zero-order valence-electron chi connectivity index (χ0n) is 10.4. The van der Waals surface area contributed by atoms with Gasteiger partial charge in [0.25, 0.3) is 0 Å². The summed E-state index contributed by atoms with van der Waals surface area (Å²) in [6, 6.07) is 9.63. The maximum atomic E-state index is 12.2. The summed E-state index contributed by atoms with van der Waals surface area (Å²) in [4.78, 5) is 16.5. The molecule has 0 N–H and O–H groups in total. The number of halogens is 1. The van der Waals surface area contributed by atoms with E-state index in [4.69, 9.17) is 0 Å². The lowest BCUT2D eigenvalue weighted by molar-refractivity contribution is 0.0991. The zero-order chi connectivity index (χ0) is 13.1. The summed E-state index contributed by atoms with van der Waals surface area (Å²) in [5.74, 6) is 0.102. The van der Waals surface area contributed by atoms with E-state index < -0.39 is 0 Å². The minimum Gasteiger partial charge on any atom is -0.294 e. The summed E-state index contributed by atoms with van der Waals surface area (Å²) in [5.41, 5.74) is 3.66. The van der Waals surface area contributed by atoms with Crippen LogP contribution < -0.4 is 0 Å². The average molecular weight is 304 g/mol. The van der Waals surface area contributed by atoms with Crippen molar-refractivity contribution in [2.45, 2.75) is 20.3 Å².